The number of rotatable bonds is 1. The predicted octanol–water partition coefficient (Wildman–Crippen LogP) is 0.971. The molecule has 0 spiro atoms. The Bertz CT molecular complexity index is 473. The van der Waals surface area contributed by atoms with Crippen molar-refractivity contribution < 1.29 is 14.3 Å². The molecule has 1 aliphatic carbocycles. The molecule has 1 atom stereocenters. The molecule has 0 aromatic carbocycles. The Kier molecular flexibility index (Phi) is 3.11. The molecule has 0 bridgehead atoms. The SMILES string of the molecule is CC(C)(C)OC(=O)NC1Cc2nc[nH]c2CC1=O. The van der Waals surface area contributed by atoms with E-state index < -0.39 is 17.7 Å². The van der Waals surface area contributed by atoms with E-state index in [0.29, 0.717) is 6.42 Å². The van der Waals surface area contributed by atoms with E-state index in [4.69, 9.17) is 4.74 Å². The van der Waals surface area contributed by atoms with Crippen molar-refractivity contribution in [2.45, 2.75) is 45.3 Å². The van der Waals surface area contributed by atoms with Crippen molar-refractivity contribution in [3.63, 3.8) is 0 Å². The zero-order valence-corrected chi connectivity index (χ0v) is 10.7. The maximum atomic E-state index is 11.8. The molecule has 6 nitrogen and oxygen atoms in total. The van der Waals surface area contributed by atoms with Crippen LogP contribution in [0.25, 0.3) is 0 Å². The Balaban J connectivity index is 1.99. The number of Topliss-reactive ketones (excluding diaryl/α,β-unsaturated/α-hetero) is 1. The fourth-order valence-corrected chi connectivity index (χ4v) is 1.86. The van der Waals surface area contributed by atoms with Crippen LogP contribution in [0.3, 0.4) is 0 Å². The first-order valence-corrected chi connectivity index (χ1v) is 5.88. The first-order chi connectivity index (χ1) is 8.35. The fraction of sp³-hybridized carbons (Fsp3) is 0.583. The number of aromatic amines is 1. The van der Waals surface area contributed by atoms with Crippen molar-refractivity contribution >= 4 is 11.9 Å². The highest BCUT2D eigenvalue weighted by Gasteiger charge is 2.30. The fourth-order valence-electron chi connectivity index (χ4n) is 1.86. The molecule has 1 aromatic rings. The molecule has 2 N–H and O–H groups in total. The minimum atomic E-state index is -0.570. The Morgan fingerprint density at radius 2 is 2.28 bits per heavy atom. The summed E-state index contributed by atoms with van der Waals surface area (Å²) in [6.45, 7) is 5.34. The normalized spacial score (nSPS) is 19.3. The molecular weight excluding hydrogens is 234 g/mol. The highest BCUT2D eigenvalue weighted by atomic mass is 16.6. The van der Waals surface area contributed by atoms with Crippen molar-refractivity contribution in [3.8, 4) is 0 Å². The molecule has 1 aliphatic rings. The van der Waals surface area contributed by atoms with E-state index in [-0.39, 0.29) is 12.2 Å². The highest BCUT2D eigenvalue weighted by Crippen LogP contribution is 2.16. The van der Waals surface area contributed by atoms with E-state index in [9.17, 15) is 9.59 Å². The van der Waals surface area contributed by atoms with Crippen LogP contribution in [0.2, 0.25) is 0 Å². The summed E-state index contributed by atoms with van der Waals surface area (Å²) in [5.41, 5.74) is 1.09. The van der Waals surface area contributed by atoms with Gasteiger partial charge in [0.15, 0.2) is 5.78 Å². The summed E-state index contributed by atoms with van der Waals surface area (Å²) in [5, 5.41) is 2.59. The number of carbonyl (C=O) groups excluding carboxylic acids is 2. The van der Waals surface area contributed by atoms with Crippen LogP contribution in [0.4, 0.5) is 4.79 Å². The molecular formula is C12H17N3O3. The van der Waals surface area contributed by atoms with E-state index >= 15 is 0 Å². The second-order valence-corrected chi connectivity index (χ2v) is 5.37. The van der Waals surface area contributed by atoms with Crippen LogP contribution in [0.5, 0.6) is 0 Å². The van der Waals surface area contributed by atoms with Gasteiger partial charge in [0.1, 0.15) is 5.60 Å². The molecule has 0 fully saturated rings. The number of aromatic nitrogens is 2. The number of imidazole rings is 1. The Hall–Kier alpha value is -1.85. The number of carbonyl (C=O) groups is 2. The third-order valence-electron chi connectivity index (χ3n) is 2.64. The lowest BCUT2D eigenvalue weighted by Gasteiger charge is -2.24. The predicted molar refractivity (Wildman–Crippen MR) is 64.2 cm³/mol. The number of ether oxygens (including phenoxy) is 1. The van der Waals surface area contributed by atoms with Gasteiger partial charge in [-0.1, -0.05) is 0 Å². The molecule has 0 saturated heterocycles. The van der Waals surface area contributed by atoms with Crippen LogP contribution < -0.4 is 5.32 Å². The summed E-state index contributed by atoms with van der Waals surface area (Å²) < 4.78 is 5.13. The molecule has 6 heteroatoms. The lowest BCUT2D eigenvalue weighted by Crippen LogP contribution is -2.47. The van der Waals surface area contributed by atoms with Crippen LogP contribution in [-0.4, -0.2) is 33.5 Å². The van der Waals surface area contributed by atoms with Crippen LogP contribution >= 0.6 is 0 Å². The van der Waals surface area contributed by atoms with Gasteiger partial charge in [0.2, 0.25) is 0 Å². The average Bonchev–Trinajstić information content (AvgIpc) is 2.62. The topological polar surface area (TPSA) is 84.1 Å². The van der Waals surface area contributed by atoms with E-state index in [1.165, 1.54) is 0 Å². The van der Waals surface area contributed by atoms with Crippen molar-refractivity contribution in [2.75, 3.05) is 0 Å². The molecule has 1 heterocycles. The quantitative estimate of drug-likeness (QED) is 0.779. The summed E-state index contributed by atoms with van der Waals surface area (Å²) in [6.07, 6.45) is 1.68. The van der Waals surface area contributed by atoms with E-state index in [0.717, 1.165) is 11.4 Å². The molecule has 0 aliphatic heterocycles. The van der Waals surface area contributed by atoms with Gasteiger partial charge in [-0.2, -0.15) is 0 Å². The van der Waals surface area contributed by atoms with E-state index in [1.54, 1.807) is 27.1 Å². The Morgan fingerprint density at radius 3 is 2.94 bits per heavy atom. The van der Waals surface area contributed by atoms with Crippen molar-refractivity contribution in [1.82, 2.24) is 15.3 Å². The van der Waals surface area contributed by atoms with Gasteiger partial charge in [0, 0.05) is 12.1 Å². The Morgan fingerprint density at radius 1 is 1.56 bits per heavy atom. The number of ketones is 1. The van der Waals surface area contributed by atoms with Gasteiger partial charge >= 0.3 is 6.09 Å². The maximum absolute atomic E-state index is 11.8. The highest BCUT2D eigenvalue weighted by molar-refractivity contribution is 5.90. The smallest absolute Gasteiger partial charge is 0.408 e. The molecule has 1 unspecified atom stereocenters. The zero-order valence-electron chi connectivity index (χ0n) is 10.7. The van der Waals surface area contributed by atoms with Gasteiger partial charge in [-0.05, 0) is 20.8 Å². The maximum Gasteiger partial charge on any atom is 0.408 e. The zero-order chi connectivity index (χ0) is 13.3. The largest absolute Gasteiger partial charge is 0.444 e. The third-order valence-corrected chi connectivity index (χ3v) is 2.64. The monoisotopic (exact) mass is 251 g/mol. The van der Waals surface area contributed by atoms with Crippen molar-refractivity contribution in [3.05, 3.63) is 17.7 Å². The summed E-state index contributed by atoms with van der Waals surface area (Å²) in [6, 6.07) is -0.546. The van der Waals surface area contributed by atoms with Gasteiger partial charge < -0.3 is 15.0 Å². The summed E-state index contributed by atoms with van der Waals surface area (Å²) >= 11 is 0. The first kappa shape index (κ1) is 12.6. The number of H-pyrrole nitrogens is 1. The number of fused-ring (bicyclic) bond motifs is 1. The van der Waals surface area contributed by atoms with Crippen LogP contribution in [0.1, 0.15) is 32.2 Å². The van der Waals surface area contributed by atoms with Crippen LogP contribution in [-0.2, 0) is 22.4 Å². The second kappa shape index (κ2) is 4.44. The minimum Gasteiger partial charge on any atom is -0.444 e. The molecule has 18 heavy (non-hydrogen) atoms. The first-order valence-electron chi connectivity index (χ1n) is 5.88. The average molecular weight is 251 g/mol. The lowest BCUT2D eigenvalue weighted by molar-refractivity contribution is -0.121. The molecule has 1 aromatic heterocycles. The molecule has 98 valence electrons. The van der Waals surface area contributed by atoms with Gasteiger partial charge in [-0.15, -0.1) is 0 Å². The van der Waals surface area contributed by atoms with Crippen molar-refractivity contribution in [2.24, 2.45) is 0 Å². The second-order valence-electron chi connectivity index (χ2n) is 5.37. The van der Waals surface area contributed by atoms with Crippen LogP contribution in [0, 0.1) is 0 Å². The van der Waals surface area contributed by atoms with Gasteiger partial charge in [0.05, 0.1) is 24.5 Å². The van der Waals surface area contributed by atoms with Gasteiger partial charge in [-0.25, -0.2) is 9.78 Å². The van der Waals surface area contributed by atoms with Crippen LogP contribution in [0.15, 0.2) is 6.33 Å². The summed E-state index contributed by atoms with van der Waals surface area (Å²) in [4.78, 5) is 30.5. The van der Waals surface area contributed by atoms with E-state index in [2.05, 4.69) is 15.3 Å². The molecule has 0 saturated carbocycles. The number of nitrogens with zero attached hydrogens (tertiary/aromatic N) is 1. The van der Waals surface area contributed by atoms with Gasteiger partial charge in [0.25, 0.3) is 0 Å². The summed E-state index contributed by atoms with van der Waals surface area (Å²) in [5.74, 6) is -0.0300. The number of nitrogens with one attached hydrogen (secondary N) is 2. The van der Waals surface area contributed by atoms with E-state index in [1.807, 2.05) is 0 Å². The standard InChI is InChI=1S/C12H17N3O3/c1-12(2,3)18-11(17)15-9-4-7-8(5-10(9)16)14-6-13-7/h6,9H,4-5H2,1-3H3,(H,13,14)(H,15,17). The van der Waals surface area contributed by atoms with Gasteiger partial charge in [-0.3, -0.25) is 4.79 Å². The van der Waals surface area contributed by atoms with Crippen molar-refractivity contribution in [1.29, 1.82) is 0 Å². The molecule has 1 amide bonds. The lowest BCUT2D eigenvalue weighted by atomic mass is 9.95. The Labute approximate surface area is 105 Å². The number of hydrogen-bond donors (Lipinski definition) is 2. The molecule has 2 rings (SSSR count). The number of alkyl carbamates (subject to hydrolysis) is 1. The molecule has 0 radical (unpaired) electrons. The number of hydrogen-bond acceptors (Lipinski definition) is 4. The third kappa shape index (κ3) is 2.88. The number of amides is 1. The minimum absolute atomic E-state index is 0.0300. The summed E-state index contributed by atoms with van der Waals surface area (Å²) in [7, 11) is 0.